The van der Waals surface area contributed by atoms with Gasteiger partial charge in [-0.2, -0.15) is 5.26 Å². The molecule has 1 fully saturated rings. The molecule has 3 heteroatoms. The van der Waals surface area contributed by atoms with Crippen molar-refractivity contribution in [1.29, 1.82) is 5.26 Å². The molecule has 2 atom stereocenters. The fourth-order valence-corrected chi connectivity index (χ4v) is 1.72. The van der Waals surface area contributed by atoms with Gasteiger partial charge in [-0.15, -0.1) is 0 Å². The zero-order chi connectivity index (χ0) is 9.10. The molecule has 1 aliphatic heterocycles. The first-order valence-electron chi connectivity index (χ1n) is 4.43. The van der Waals surface area contributed by atoms with E-state index in [1.165, 1.54) is 0 Å². The molecule has 0 amide bonds. The number of nitrogens with one attached hydrogen (secondary N) is 1. The summed E-state index contributed by atoms with van der Waals surface area (Å²) in [5.41, 5.74) is 1.03. The predicted octanol–water partition coefficient (Wildman–Crippen LogP) is 0.908. The summed E-state index contributed by atoms with van der Waals surface area (Å²) in [5.74, 6) is 0.348. The Balaban J connectivity index is 2.22. The Labute approximate surface area is 77.4 Å². The molecular formula is C10H11N3. The van der Waals surface area contributed by atoms with Gasteiger partial charge in [-0.1, -0.05) is 6.07 Å². The fraction of sp³-hybridized carbons (Fsp3) is 0.400. The third-order valence-corrected chi connectivity index (χ3v) is 2.45. The zero-order valence-corrected chi connectivity index (χ0v) is 7.27. The van der Waals surface area contributed by atoms with E-state index in [0.717, 1.165) is 18.8 Å². The van der Waals surface area contributed by atoms with Gasteiger partial charge >= 0.3 is 0 Å². The molecule has 1 aromatic rings. The second-order valence-electron chi connectivity index (χ2n) is 3.25. The summed E-state index contributed by atoms with van der Waals surface area (Å²) < 4.78 is 0. The molecule has 13 heavy (non-hydrogen) atoms. The monoisotopic (exact) mass is 173 g/mol. The molecule has 0 spiro atoms. The van der Waals surface area contributed by atoms with Gasteiger partial charge in [-0.05, 0) is 12.1 Å². The number of nitrogens with zero attached hydrogens (tertiary/aromatic N) is 2. The summed E-state index contributed by atoms with van der Waals surface area (Å²) in [6, 6.07) is 8.16. The van der Waals surface area contributed by atoms with Crippen LogP contribution in [0.4, 0.5) is 0 Å². The average Bonchev–Trinajstić information content (AvgIpc) is 2.67. The van der Waals surface area contributed by atoms with Gasteiger partial charge in [0.15, 0.2) is 0 Å². The molecule has 0 bridgehead atoms. The first-order chi connectivity index (χ1) is 6.42. The highest BCUT2D eigenvalue weighted by Crippen LogP contribution is 2.25. The molecule has 0 saturated carbocycles. The maximum absolute atomic E-state index is 8.88. The van der Waals surface area contributed by atoms with Gasteiger partial charge in [0.25, 0.3) is 0 Å². The third-order valence-electron chi connectivity index (χ3n) is 2.45. The Kier molecular flexibility index (Phi) is 2.24. The second kappa shape index (κ2) is 3.55. The molecule has 0 unspecified atom stereocenters. The number of aromatic nitrogens is 1. The Morgan fingerprint density at radius 1 is 1.46 bits per heavy atom. The molecule has 1 N–H and O–H groups in total. The summed E-state index contributed by atoms with van der Waals surface area (Å²) in [6.45, 7) is 1.66. The lowest BCUT2D eigenvalue weighted by molar-refractivity contribution is 0.629. The zero-order valence-electron chi connectivity index (χ0n) is 7.27. The number of nitriles is 1. The molecule has 66 valence electrons. The second-order valence-corrected chi connectivity index (χ2v) is 3.25. The van der Waals surface area contributed by atoms with Gasteiger partial charge in [-0.25, -0.2) is 0 Å². The van der Waals surface area contributed by atoms with Crippen LogP contribution in [-0.4, -0.2) is 18.1 Å². The van der Waals surface area contributed by atoms with E-state index in [0.29, 0.717) is 0 Å². The van der Waals surface area contributed by atoms with Gasteiger partial charge in [0.1, 0.15) is 0 Å². The van der Waals surface area contributed by atoms with Crippen LogP contribution in [0.5, 0.6) is 0 Å². The Morgan fingerprint density at radius 3 is 3.08 bits per heavy atom. The maximum atomic E-state index is 8.88. The summed E-state index contributed by atoms with van der Waals surface area (Å²) >= 11 is 0. The first-order valence-corrected chi connectivity index (χ1v) is 4.43. The quantitative estimate of drug-likeness (QED) is 0.686. The average molecular weight is 173 g/mol. The molecule has 0 aliphatic carbocycles. The van der Waals surface area contributed by atoms with Crippen LogP contribution in [0, 0.1) is 17.2 Å². The van der Waals surface area contributed by atoms with E-state index in [4.69, 9.17) is 5.26 Å². The van der Waals surface area contributed by atoms with E-state index >= 15 is 0 Å². The molecule has 1 saturated heterocycles. The van der Waals surface area contributed by atoms with Crippen molar-refractivity contribution in [3.05, 3.63) is 30.1 Å². The summed E-state index contributed by atoms with van der Waals surface area (Å²) in [5, 5.41) is 12.1. The highest BCUT2D eigenvalue weighted by atomic mass is 14.9. The molecule has 1 aliphatic rings. The lowest BCUT2D eigenvalue weighted by Gasteiger charge is -2.10. The van der Waals surface area contributed by atoms with Crippen molar-refractivity contribution in [3.63, 3.8) is 0 Å². The molecule has 1 aromatic heterocycles. The molecule has 2 rings (SSSR count). The minimum Gasteiger partial charge on any atom is -0.315 e. The number of pyridine rings is 1. The minimum absolute atomic E-state index is 0.0786. The fourth-order valence-electron chi connectivity index (χ4n) is 1.72. The highest BCUT2D eigenvalue weighted by Gasteiger charge is 2.28. The van der Waals surface area contributed by atoms with Crippen LogP contribution in [0.2, 0.25) is 0 Å². The lowest BCUT2D eigenvalue weighted by atomic mass is 9.94. The van der Waals surface area contributed by atoms with Crippen molar-refractivity contribution in [3.8, 4) is 6.07 Å². The van der Waals surface area contributed by atoms with E-state index in [-0.39, 0.29) is 11.8 Å². The van der Waals surface area contributed by atoms with Crippen molar-refractivity contribution in [1.82, 2.24) is 10.3 Å². The van der Waals surface area contributed by atoms with Crippen LogP contribution in [0.25, 0.3) is 0 Å². The van der Waals surface area contributed by atoms with Gasteiger partial charge in [0.05, 0.1) is 12.0 Å². The van der Waals surface area contributed by atoms with Crippen LogP contribution >= 0.6 is 0 Å². The van der Waals surface area contributed by atoms with Gasteiger partial charge in [0.2, 0.25) is 0 Å². The third kappa shape index (κ3) is 1.53. The molecule has 0 radical (unpaired) electrons. The number of hydrogen-bond acceptors (Lipinski definition) is 3. The van der Waals surface area contributed by atoms with Crippen molar-refractivity contribution in [2.24, 2.45) is 5.92 Å². The Hall–Kier alpha value is -1.40. The topological polar surface area (TPSA) is 48.7 Å². The minimum atomic E-state index is 0.0786. The SMILES string of the molecule is N#C[C@H]1CNC[C@H]1c1ccccn1. The van der Waals surface area contributed by atoms with Crippen molar-refractivity contribution >= 4 is 0 Å². The van der Waals surface area contributed by atoms with Crippen LogP contribution < -0.4 is 5.32 Å². The Morgan fingerprint density at radius 2 is 2.38 bits per heavy atom. The standard InChI is InChI=1S/C10H11N3/c11-5-8-6-12-7-9(8)10-3-1-2-4-13-10/h1-4,8-9,12H,6-7H2/t8-,9+/m0/s1. The van der Waals surface area contributed by atoms with Crippen molar-refractivity contribution in [2.45, 2.75) is 5.92 Å². The predicted molar refractivity (Wildman–Crippen MR) is 49.0 cm³/mol. The maximum Gasteiger partial charge on any atom is 0.0683 e. The van der Waals surface area contributed by atoms with E-state index in [1.54, 1.807) is 6.20 Å². The van der Waals surface area contributed by atoms with E-state index in [1.807, 2.05) is 18.2 Å². The van der Waals surface area contributed by atoms with Crippen LogP contribution in [0.3, 0.4) is 0 Å². The normalized spacial score (nSPS) is 27.0. The van der Waals surface area contributed by atoms with Crippen molar-refractivity contribution in [2.75, 3.05) is 13.1 Å². The van der Waals surface area contributed by atoms with Crippen LogP contribution in [-0.2, 0) is 0 Å². The van der Waals surface area contributed by atoms with Crippen LogP contribution in [0.1, 0.15) is 11.6 Å². The summed E-state index contributed by atoms with van der Waals surface area (Å²) in [6.07, 6.45) is 1.78. The lowest BCUT2D eigenvalue weighted by Crippen LogP contribution is -2.09. The highest BCUT2D eigenvalue weighted by molar-refractivity contribution is 5.16. The largest absolute Gasteiger partial charge is 0.315 e. The molecular weight excluding hydrogens is 162 g/mol. The Bertz CT molecular complexity index is 315. The summed E-state index contributed by atoms with van der Waals surface area (Å²) in [7, 11) is 0. The smallest absolute Gasteiger partial charge is 0.0683 e. The van der Waals surface area contributed by atoms with E-state index < -0.39 is 0 Å². The molecule has 3 nitrogen and oxygen atoms in total. The first kappa shape index (κ1) is 8.21. The van der Waals surface area contributed by atoms with Gasteiger partial charge in [-0.3, -0.25) is 4.98 Å². The van der Waals surface area contributed by atoms with Gasteiger partial charge < -0.3 is 5.32 Å². The van der Waals surface area contributed by atoms with Gasteiger partial charge in [0, 0.05) is 30.9 Å². The summed E-state index contributed by atoms with van der Waals surface area (Å²) in [4.78, 5) is 4.27. The van der Waals surface area contributed by atoms with E-state index in [2.05, 4.69) is 16.4 Å². The molecule has 0 aromatic carbocycles. The van der Waals surface area contributed by atoms with Crippen molar-refractivity contribution < 1.29 is 0 Å². The van der Waals surface area contributed by atoms with E-state index in [9.17, 15) is 0 Å². The molecule has 2 heterocycles. The number of rotatable bonds is 1. The number of hydrogen-bond donors (Lipinski definition) is 1. The van der Waals surface area contributed by atoms with Crippen LogP contribution in [0.15, 0.2) is 24.4 Å².